The smallest absolute Gasteiger partial charge is 0.0484 e. The maximum absolute atomic E-state index is 6.33. The van der Waals surface area contributed by atoms with Crippen LogP contribution in [0.4, 0.5) is 0 Å². The standard InChI is InChI=1S/C17H20ClN/c1-12(2)19-11-14-9-8-13(3)10-16(14)15-6-4-5-7-17(15)18/h4-10,12,19H,11H2,1-3H3. The van der Waals surface area contributed by atoms with Crippen LogP contribution in [0.2, 0.25) is 5.02 Å². The molecule has 0 aliphatic carbocycles. The van der Waals surface area contributed by atoms with E-state index in [2.05, 4.69) is 50.4 Å². The molecule has 0 fully saturated rings. The Morgan fingerprint density at radius 1 is 1.05 bits per heavy atom. The van der Waals surface area contributed by atoms with Crippen LogP contribution >= 0.6 is 11.6 Å². The SMILES string of the molecule is Cc1ccc(CNC(C)C)c(-c2ccccc2Cl)c1. The van der Waals surface area contributed by atoms with E-state index in [0.717, 1.165) is 17.1 Å². The highest BCUT2D eigenvalue weighted by atomic mass is 35.5. The van der Waals surface area contributed by atoms with Gasteiger partial charge >= 0.3 is 0 Å². The van der Waals surface area contributed by atoms with Gasteiger partial charge in [0.05, 0.1) is 0 Å². The van der Waals surface area contributed by atoms with Crippen LogP contribution in [0, 0.1) is 6.92 Å². The van der Waals surface area contributed by atoms with E-state index in [4.69, 9.17) is 11.6 Å². The van der Waals surface area contributed by atoms with Crippen molar-refractivity contribution >= 4 is 11.6 Å². The molecule has 2 heteroatoms. The summed E-state index contributed by atoms with van der Waals surface area (Å²) in [4.78, 5) is 0. The van der Waals surface area contributed by atoms with Gasteiger partial charge in [-0.15, -0.1) is 0 Å². The Balaban J connectivity index is 2.43. The summed E-state index contributed by atoms with van der Waals surface area (Å²) in [6, 6.07) is 15.0. The van der Waals surface area contributed by atoms with Gasteiger partial charge in [-0.25, -0.2) is 0 Å². The molecule has 0 heterocycles. The average molecular weight is 274 g/mol. The third kappa shape index (κ3) is 3.59. The first-order valence-corrected chi connectivity index (χ1v) is 7.03. The summed E-state index contributed by atoms with van der Waals surface area (Å²) >= 11 is 6.33. The normalized spacial score (nSPS) is 11.0. The van der Waals surface area contributed by atoms with Crippen LogP contribution in [0.25, 0.3) is 11.1 Å². The molecular formula is C17H20ClN. The predicted molar refractivity (Wildman–Crippen MR) is 83.6 cm³/mol. The summed E-state index contributed by atoms with van der Waals surface area (Å²) in [6.07, 6.45) is 0. The fourth-order valence-electron chi connectivity index (χ4n) is 2.09. The second-order valence-corrected chi connectivity index (χ2v) is 5.58. The second kappa shape index (κ2) is 6.23. The first kappa shape index (κ1) is 14.1. The first-order valence-electron chi connectivity index (χ1n) is 6.65. The van der Waals surface area contributed by atoms with E-state index in [1.54, 1.807) is 0 Å². The van der Waals surface area contributed by atoms with Gasteiger partial charge in [-0.05, 0) is 24.1 Å². The van der Waals surface area contributed by atoms with Crippen LogP contribution in [0.1, 0.15) is 25.0 Å². The van der Waals surface area contributed by atoms with Crippen LogP contribution in [-0.4, -0.2) is 6.04 Å². The molecule has 1 nitrogen and oxygen atoms in total. The first-order chi connectivity index (χ1) is 9.08. The van der Waals surface area contributed by atoms with Gasteiger partial charge in [-0.3, -0.25) is 0 Å². The van der Waals surface area contributed by atoms with Crippen molar-refractivity contribution in [1.82, 2.24) is 5.32 Å². The molecule has 1 N–H and O–H groups in total. The Hall–Kier alpha value is -1.31. The van der Waals surface area contributed by atoms with Gasteiger partial charge < -0.3 is 5.32 Å². The fourth-order valence-corrected chi connectivity index (χ4v) is 2.33. The van der Waals surface area contributed by atoms with Gasteiger partial charge in [-0.1, -0.05) is 67.4 Å². The molecule has 0 aliphatic heterocycles. The van der Waals surface area contributed by atoms with Crippen molar-refractivity contribution in [3.8, 4) is 11.1 Å². The molecule has 0 aliphatic rings. The van der Waals surface area contributed by atoms with E-state index >= 15 is 0 Å². The number of hydrogen-bond acceptors (Lipinski definition) is 1. The van der Waals surface area contributed by atoms with Crippen molar-refractivity contribution in [3.05, 3.63) is 58.6 Å². The Kier molecular flexibility index (Phi) is 4.62. The lowest BCUT2D eigenvalue weighted by molar-refractivity contribution is 0.589. The Labute approximate surface area is 120 Å². The van der Waals surface area contributed by atoms with Crippen LogP contribution < -0.4 is 5.32 Å². The molecule has 2 rings (SSSR count). The molecule has 0 saturated heterocycles. The van der Waals surface area contributed by atoms with Crippen LogP contribution in [0.3, 0.4) is 0 Å². The van der Waals surface area contributed by atoms with E-state index in [0.29, 0.717) is 6.04 Å². The zero-order valence-electron chi connectivity index (χ0n) is 11.7. The maximum atomic E-state index is 6.33. The molecule has 0 aromatic heterocycles. The molecule has 0 spiro atoms. The third-order valence-electron chi connectivity index (χ3n) is 3.13. The van der Waals surface area contributed by atoms with E-state index in [-0.39, 0.29) is 0 Å². The summed E-state index contributed by atoms with van der Waals surface area (Å²) in [5.41, 5.74) is 4.86. The summed E-state index contributed by atoms with van der Waals surface area (Å²) in [5.74, 6) is 0. The average Bonchev–Trinajstić information content (AvgIpc) is 2.37. The lowest BCUT2D eigenvalue weighted by Crippen LogP contribution is -2.22. The van der Waals surface area contributed by atoms with Gasteiger partial charge in [0.15, 0.2) is 0 Å². The largest absolute Gasteiger partial charge is 0.310 e. The van der Waals surface area contributed by atoms with E-state index < -0.39 is 0 Å². The van der Waals surface area contributed by atoms with Crippen molar-refractivity contribution in [3.63, 3.8) is 0 Å². The van der Waals surface area contributed by atoms with Gasteiger partial charge in [0.2, 0.25) is 0 Å². The minimum atomic E-state index is 0.473. The molecule has 100 valence electrons. The Morgan fingerprint density at radius 3 is 2.47 bits per heavy atom. The summed E-state index contributed by atoms with van der Waals surface area (Å²) in [7, 11) is 0. The molecule has 0 unspecified atom stereocenters. The number of hydrogen-bond donors (Lipinski definition) is 1. The number of rotatable bonds is 4. The number of halogens is 1. The molecule has 0 radical (unpaired) electrons. The number of nitrogens with one attached hydrogen (secondary N) is 1. The fraction of sp³-hybridized carbons (Fsp3) is 0.294. The van der Waals surface area contributed by atoms with Crippen molar-refractivity contribution in [1.29, 1.82) is 0 Å². The van der Waals surface area contributed by atoms with Gasteiger partial charge in [0, 0.05) is 23.2 Å². The zero-order chi connectivity index (χ0) is 13.8. The van der Waals surface area contributed by atoms with Crippen molar-refractivity contribution < 1.29 is 0 Å². The van der Waals surface area contributed by atoms with Crippen LogP contribution in [0.5, 0.6) is 0 Å². The quantitative estimate of drug-likeness (QED) is 0.843. The van der Waals surface area contributed by atoms with Gasteiger partial charge in [0.25, 0.3) is 0 Å². The van der Waals surface area contributed by atoms with E-state index in [1.165, 1.54) is 16.7 Å². The Morgan fingerprint density at radius 2 is 1.79 bits per heavy atom. The number of aryl methyl sites for hydroxylation is 1. The topological polar surface area (TPSA) is 12.0 Å². The summed E-state index contributed by atoms with van der Waals surface area (Å²) < 4.78 is 0. The molecule has 0 amide bonds. The van der Waals surface area contributed by atoms with E-state index in [1.807, 2.05) is 18.2 Å². The minimum absolute atomic E-state index is 0.473. The van der Waals surface area contributed by atoms with Crippen molar-refractivity contribution in [2.24, 2.45) is 0 Å². The molecule has 0 bridgehead atoms. The lowest BCUT2D eigenvalue weighted by atomic mass is 9.97. The van der Waals surface area contributed by atoms with Crippen molar-refractivity contribution in [2.45, 2.75) is 33.4 Å². The van der Waals surface area contributed by atoms with E-state index in [9.17, 15) is 0 Å². The van der Waals surface area contributed by atoms with Crippen molar-refractivity contribution in [2.75, 3.05) is 0 Å². The third-order valence-corrected chi connectivity index (χ3v) is 3.46. The van der Waals surface area contributed by atoms with Crippen LogP contribution in [-0.2, 0) is 6.54 Å². The summed E-state index contributed by atoms with van der Waals surface area (Å²) in [5, 5.41) is 4.27. The Bertz CT molecular complexity index is 561. The molecule has 2 aromatic carbocycles. The highest BCUT2D eigenvalue weighted by molar-refractivity contribution is 6.33. The molecule has 0 saturated carbocycles. The molecule has 0 atom stereocenters. The highest BCUT2D eigenvalue weighted by Crippen LogP contribution is 2.31. The highest BCUT2D eigenvalue weighted by Gasteiger charge is 2.09. The maximum Gasteiger partial charge on any atom is 0.0484 e. The molecular weight excluding hydrogens is 254 g/mol. The van der Waals surface area contributed by atoms with Crippen LogP contribution in [0.15, 0.2) is 42.5 Å². The van der Waals surface area contributed by atoms with Gasteiger partial charge in [-0.2, -0.15) is 0 Å². The molecule has 19 heavy (non-hydrogen) atoms. The monoisotopic (exact) mass is 273 g/mol. The minimum Gasteiger partial charge on any atom is -0.310 e. The second-order valence-electron chi connectivity index (χ2n) is 5.18. The zero-order valence-corrected chi connectivity index (χ0v) is 12.5. The summed E-state index contributed by atoms with van der Waals surface area (Å²) in [6.45, 7) is 7.28. The lowest BCUT2D eigenvalue weighted by Gasteiger charge is -2.14. The number of benzene rings is 2. The predicted octanol–water partition coefficient (Wildman–Crippen LogP) is 4.81. The van der Waals surface area contributed by atoms with Gasteiger partial charge in [0.1, 0.15) is 0 Å². The molecule has 2 aromatic rings.